The van der Waals surface area contributed by atoms with Crippen LogP contribution in [0.25, 0.3) is 0 Å². The molecule has 1 aliphatic rings. The van der Waals surface area contributed by atoms with Gasteiger partial charge in [-0.3, -0.25) is 0 Å². The molecule has 0 bridgehead atoms. The highest BCUT2D eigenvalue weighted by molar-refractivity contribution is 6.42. The SMILES string of the molecule is O=C(Nc1ccc(Cl)c(Cl)c1)NC1CCCCCC1. The van der Waals surface area contributed by atoms with Gasteiger partial charge in [0.15, 0.2) is 0 Å². The Labute approximate surface area is 123 Å². The third-order valence-corrected chi connectivity index (χ3v) is 4.11. The van der Waals surface area contributed by atoms with Gasteiger partial charge in [0, 0.05) is 11.7 Å². The molecule has 0 heterocycles. The summed E-state index contributed by atoms with van der Waals surface area (Å²) in [4.78, 5) is 11.9. The predicted octanol–water partition coefficient (Wildman–Crippen LogP) is 4.84. The molecule has 1 aromatic carbocycles. The largest absolute Gasteiger partial charge is 0.335 e. The van der Waals surface area contributed by atoms with Crippen LogP contribution in [0.5, 0.6) is 0 Å². The number of benzene rings is 1. The van der Waals surface area contributed by atoms with Crippen molar-refractivity contribution in [2.45, 2.75) is 44.6 Å². The molecule has 0 aromatic heterocycles. The molecule has 1 saturated carbocycles. The van der Waals surface area contributed by atoms with Crippen LogP contribution in [0.4, 0.5) is 10.5 Å². The molecule has 1 aliphatic carbocycles. The molecule has 5 heteroatoms. The number of urea groups is 1. The van der Waals surface area contributed by atoms with Crippen molar-refractivity contribution in [1.82, 2.24) is 5.32 Å². The van der Waals surface area contributed by atoms with Gasteiger partial charge in [0.05, 0.1) is 10.0 Å². The van der Waals surface area contributed by atoms with Gasteiger partial charge in [0.1, 0.15) is 0 Å². The topological polar surface area (TPSA) is 41.1 Å². The van der Waals surface area contributed by atoms with E-state index in [0.29, 0.717) is 15.7 Å². The smallest absolute Gasteiger partial charge is 0.319 e. The summed E-state index contributed by atoms with van der Waals surface area (Å²) in [5.74, 6) is 0. The molecule has 3 nitrogen and oxygen atoms in total. The molecule has 2 N–H and O–H groups in total. The molecule has 2 rings (SSSR count). The lowest BCUT2D eigenvalue weighted by atomic mass is 10.1. The molecule has 0 atom stereocenters. The van der Waals surface area contributed by atoms with Crippen LogP contribution in [-0.2, 0) is 0 Å². The van der Waals surface area contributed by atoms with Gasteiger partial charge in [-0.2, -0.15) is 0 Å². The van der Waals surface area contributed by atoms with Crippen molar-refractivity contribution in [1.29, 1.82) is 0 Å². The summed E-state index contributed by atoms with van der Waals surface area (Å²) in [5.41, 5.74) is 0.653. The molecule has 1 fully saturated rings. The van der Waals surface area contributed by atoms with Crippen LogP contribution < -0.4 is 10.6 Å². The second-order valence-electron chi connectivity index (χ2n) is 4.92. The van der Waals surface area contributed by atoms with Gasteiger partial charge in [0.25, 0.3) is 0 Å². The number of amides is 2. The summed E-state index contributed by atoms with van der Waals surface area (Å²) >= 11 is 11.7. The lowest BCUT2D eigenvalue weighted by molar-refractivity contribution is 0.247. The maximum atomic E-state index is 11.9. The Balaban J connectivity index is 1.87. The highest BCUT2D eigenvalue weighted by atomic mass is 35.5. The van der Waals surface area contributed by atoms with Gasteiger partial charge < -0.3 is 10.6 Å². The van der Waals surface area contributed by atoms with Gasteiger partial charge in [-0.15, -0.1) is 0 Å². The first-order chi connectivity index (χ1) is 9.15. The number of anilines is 1. The van der Waals surface area contributed by atoms with E-state index in [1.54, 1.807) is 18.2 Å². The van der Waals surface area contributed by atoms with E-state index in [1.165, 1.54) is 25.7 Å². The lowest BCUT2D eigenvalue weighted by Crippen LogP contribution is -2.37. The summed E-state index contributed by atoms with van der Waals surface area (Å²) in [6, 6.07) is 5.17. The molecule has 2 amide bonds. The zero-order valence-electron chi connectivity index (χ0n) is 10.7. The zero-order chi connectivity index (χ0) is 13.7. The second-order valence-corrected chi connectivity index (χ2v) is 5.73. The number of halogens is 2. The van der Waals surface area contributed by atoms with Gasteiger partial charge in [-0.05, 0) is 31.0 Å². The van der Waals surface area contributed by atoms with E-state index in [0.717, 1.165) is 12.8 Å². The van der Waals surface area contributed by atoms with Crippen molar-refractivity contribution >= 4 is 34.9 Å². The number of rotatable bonds is 2. The summed E-state index contributed by atoms with van der Waals surface area (Å²) in [6.07, 6.45) is 7.05. The van der Waals surface area contributed by atoms with Crippen LogP contribution in [0.2, 0.25) is 10.0 Å². The first-order valence-corrected chi connectivity index (χ1v) is 7.43. The minimum Gasteiger partial charge on any atom is -0.335 e. The van der Waals surface area contributed by atoms with Crippen molar-refractivity contribution in [3.63, 3.8) is 0 Å². The van der Waals surface area contributed by atoms with E-state index in [1.807, 2.05) is 0 Å². The zero-order valence-corrected chi connectivity index (χ0v) is 12.2. The fraction of sp³-hybridized carbons (Fsp3) is 0.500. The molecular formula is C14H18Cl2N2O. The maximum absolute atomic E-state index is 11.9. The summed E-state index contributed by atoms with van der Waals surface area (Å²) in [6.45, 7) is 0. The standard InChI is InChI=1S/C14H18Cl2N2O/c15-12-8-7-11(9-13(12)16)18-14(19)17-10-5-3-1-2-4-6-10/h7-10H,1-6H2,(H2,17,18,19). The monoisotopic (exact) mass is 300 g/mol. The number of hydrogen-bond donors (Lipinski definition) is 2. The van der Waals surface area contributed by atoms with E-state index < -0.39 is 0 Å². The molecular weight excluding hydrogens is 283 g/mol. The van der Waals surface area contributed by atoms with Crippen LogP contribution >= 0.6 is 23.2 Å². The van der Waals surface area contributed by atoms with Crippen molar-refractivity contribution < 1.29 is 4.79 Å². The minimum absolute atomic E-state index is 0.176. The summed E-state index contributed by atoms with van der Waals surface area (Å²) < 4.78 is 0. The Morgan fingerprint density at radius 1 is 1.05 bits per heavy atom. The van der Waals surface area contributed by atoms with Crippen LogP contribution in [0.15, 0.2) is 18.2 Å². The normalized spacial score (nSPS) is 16.7. The van der Waals surface area contributed by atoms with Gasteiger partial charge in [0.2, 0.25) is 0 Å². The Morgan fingerprint density at radius 2 is 1.74 bits per heavy atom. The summed E-state index contributed by atoms with van der Waals surface area (Å²) in [7, 11) is 0. The van der Waals surface area contributed by atoms with Gasteiger partial charge in [-0.1, -0.05) is 48.9 Å². The first-order valence-electron chi connectivity index (χ1n) is 6.68. The van der Waals surface area contributed by atoms with Crippen LogP contribution in [0, 0.1) is 0 Å². The number of nitrogens with one attached hydrogen (secondary N) is 2. The third-order valence-electron chi connectivity index (χ3n) is 3.37. The first kappa shape index (κ1) is 14.5. The number of carbonyl (C=O) groups excluding carboxylic acids is 1. The van der Waals surface area contributed by atoms with E-state index in [9.17, 15) is 4.79 Å². The van der Waals surface area contributed by atoms with E-state index in [4.69, 9.17) is 23.2 Å². The lowest BCUT2D eigenvalue weighted by Gasteiger charge is -2.16. The number of carbonyl (C=O) groups is 1. The van der Waals surface area contributed by atoms with Crippen molar-refractivity contribution in [2.75, 3.05) is 5.32 Å². The molecule has 0 aliphatic heterocycles. The second kappa shape index (κ2) is 7.01. The molecule has 104 valence electrons. The quantitative estimate of drug-likeness (QED) is 0.754. The molecule has 0 radical (unpaired) electrons. The number of hydrogen-bond acceptors (Lipinski definition) is 1. The Morgan fingerprint density at radius 3 is 2.37 bits per heavy atom. The average Bonchev–Trinajstić information content (AvgIpc) is 2.62. The molecule has 0 spiro atoms. The Kier molecular flexibility index (Phi) is 5.34. The van der Waals surface area contributed by atoms with Crippen LogP contribution in [-0.4, -0.2) is 12.1 Å². The van der Waals surface area contributed by atoms with Crippen molar-refractivity contribution in [3.8, 4) is 0 Å². The Bertz CT molecular complexity index is 443. The Hall–Kier alpha value is -0.930. The van der Waals surface area contributed by atoms with Crippen molar-refractivity contribution in [3.05, 3.63) is 28.2 Å². The van der Waals surface area contributed by atoms with E-state index in [-0.39, 0.29) is 12.1 Å². The van der Waals surface area contributed by atoms with Gasteiger partial charge in [-0.25, -0.2) is 4.79 Å². The minimum atomic E-state index is -0.176. The molecule has 1 aromatic rings. The van der Waals surface area contributed by atoms with Crippen molar-refractivity contribution in [2.24, 2.45) is 0 Å². The fourth-order valence-corrected chi connectivity index (χ4v) is 2.65. The van der Waals surface area contributed by atoms with Gasteiger partial charge >= 0.3 is 6.03 Å². The average molecular weight is 301 g/mol. The molecule has 0 saturated heterocycles. The predicted molar refractivity (Wildman–Crippen MR) is 80.1 cm³/mol. The van der Waals surface area contributed by atoms with E-state index >= 15 is 0 Å². The highest BCUT2D eigenvalue weighted by Gasteiger charge is 2.14. The van der Waals surface area contributed by atoms with Crippen LogP contribution in [0.1, 0.15) is 38.5 Å². The summed E-state index contributed by atoms with van der Waals surface area (Å²) in [5, 5.41) is 6.72. The van der Waals surface area contributed by atoms with E-state index in [2.05, 4.69) is 10.6 Å². The fourth-order valence-electron chi connectivity index (χ4n) is 2.35. The third kappa shape index (κ3) is 4.59. The highest BCUT2D eigenvalue weighted by Crippen LogP contribution is 2.25. The van der Waals surface area contributed by atoms with Crippen LogP contribution in [0.3, 0.4) is 0 Å². The molecule has 0 unspecified atom stereocenters. The maximum Gasteiger partial charge on any atom is 0.319 e. The molecule has 19 heavy (non-hydrogen) atoms.